The van der Waals surface area contributed by atoms with Crippen LogP contribution < -0.4 is 4.34 Å². The van der Waals surface area contributed by atoms with Crippen LogP contribution in [-0.4, -0.2) is 35.2 Å². The number of rotatable bonds is 4. The van der Waals surface area contributed by atoms with Crippen LogP contribution in [0, 0.1) is 0 Å². The first kappa shape index (κ1) is 13.3. The first-order chi connectivity index (χ1) is 8.31. The molecule has 1 N–H and O–H groups in total. The molecule has 1 atom stereocenters. The summed E-state index contributed by atoms with van der Waals surface area (Å²) in [5, 5.41) is 0. The van der Waals surface area contributed by atoms with Crippen LogP contribution >= 0.6 is 16.1 Å². The van der Waals surface area contributed by atoms with Gasteiger partial charge in [-0.15, -0.1) is 4.31 Å². The number of hydrogen-bond donors (Lipinski definition) is 1. The molecule has 0 radical (unpaired) electrons. The van der Waals surface area contributed by atoms with Gasteiger partial charge in [0.2, 0.25) is 0 Å². The molecule has 0 saturated carbocycles. The Hall–Kier alpha value is -0.110. The molecule has 4 nitrogen and oxygen atoms in total. The van der Waals surface area contributed by atoms with Gasteiger partial charge in [0.25, 0.3) is 0 Å². The van der Waals surface area contributed by atoms with Crippen molar-refractivity contribution in [2.45, 2.75) is 11.4 Å². The van der Waals surface area contributed by atoms with Gasteiger partial charge in [-0.05, 0) is 17.7 Å². The van der Waals surface area contributed by atoms with Crippen LogP contribution in [0.5, 0.6) is 0 Å². The molecule has 0 spiro atoms. The maximum Gasteiger partial charge on any atom is 0.174 e. The van der Waals surface area contributed by atoms with Crippen molar-refractivity contribution in [3.8, 4) is 0 Å². The SMILES string of the molecule is [O-][S+](c1ccc(CNBr)cc1)N1CCOCC1. The molecule has 1 aromatic rings. The minimum absolute atomic E-state index is 0.664. The standard InChI is InChI=1S/C11H15BrN2O2S/c12-13-9-10-1-3-11(4-2-10)17(15)14-5-7-16-8-6-14/h1-4,13H,5-9H2. The summed E-state index contributed by atoms with van der Waals surface area (Å²) in [6.07, 6.45) is 0. The predicted octanol–water partition coefficient (Wildman–Crippen LogP) is 1.44. The molecule has 1 aromatic carbocycles. The Labute approximate surface area is 113 Å². The van der Waals surface area contributed by atoms with Crippen molar-refractivity contribution in [3.63, 3.8) is 0 Å². The third-order valence-corrected chi connectivity index (χ3v) is 4.39. The first-order valence-corrected chi connectivity index (χ1v) is 7.38. The van der Waals surface area contributed by atoms with Crippen LogP contribution in [-0.2, 0) is 22.6 Å². The van der Waals surface area contributed by atoms with Crippen LogP contribution in [0.4, 0.5) is 0 Å². The molecular weight excluding hydrogens is 304 g/mol. The Morgan fingerprint density at radius 2 is 1.94 bits per heavy atom. The normalized spacial score (nSPS) is 19.2. The molecule has 0 aliphatic carbocycles. The van der Waals surface area contributed by atoms with Crippen LogP contribution in [0.3, 0.4) is 0 Å². The average molecular weight is 319 g/mol. The molecule has 1 heterocycles. The molecule has 0 bridgehead atoms. The van der Waals surface area contributed by atoms with Crippen LogP contribution in [0.2, 0.25) is 0 Å². The summed E-state index contributed by atoms with van der Waals surface area (Å²) in [5.41, 5.74) is 1.16. The van der Waals surface area contributed by atoms with Gasteiger partial charge in [-0.3, -0.25) is 4.34 Å². The summed E-state index contributed by atoms with van der Waals surface area (Å²) in [7, 11) is 0. The van der Waals surface area contributed by atoms with Crippen molar-refractivity contribution in [1.29, 1.82) is 0 Å². The topological polar surface area (TPSA) is 47.6 Å². The Bertz CT molecular complexity index is 344. The lowest BCUT2D eigenvalue weighted by Gasteiger charge is -2.27. The smallest absolute Gasteiger partial charge is 0.174 e. The quantitative estimate of drug-likeness (QED) is 0.674. The molecule has 1 fully saturated rings. The average Bonchev–Trinajstić information content (AvgIpc) is 2.40. The molecule has 0 amide bonds. The van der Waals surface area contributed by atoms with Crippen molar-refractivity contribution >= 4 is 27.5 Å². The highest BCUT2D eigenvalue weighted by Gasteiger charge is 2.24. The third kappa shape index (κ3) is 3.67. The molecule has 6 heteroatoms. The van der Waals surface area contributed by atoms with E-state index in [2.05, 4.69) is 20.5 Å². The van der Waals surface area contributed by atoms with Crippen molar-refractivity contribution in [3.05, 3.63) is 29.8 Å². The van der Waals surface area contributed by atoms with Crippen molar-refractivity contribution in [2.24, 2.45) is 0 Å². The van der Waals surface area contributed by atoms with Crippen molar-refractivity contribution in [1.82, 2.24) is 8.65 Å². The number of ether oxygens (including phenoxy) is 1. The van der Waals surface area contributed by atoms with E-state index in [4.69, 9.17) is 4.74 Å². The molecule has 1 saturated heterocycles. The Kier molecular flexibility index (Phi) is 5.27. The highest BCUT2D eigenvalue weighted by Crippen LogP contribution is 2.17. The summed E-state index contributed by atoms with van der Waals surface area (Å²) >= 11 is 2.10. The molecule has 94 valence electrons. The van der Waals surface area contributed by atoms with E-state index >= 15 is 0 Å². The van der Waals surface area contributed by atoms with Crippen LogP contribution in [0.1, 0.15) is 5.56 Å². The second-order valence-corrected chi connectivity index (χ2v) is 5.79. The van der Waals surface area contributed by atoms with Gasteiger partial charge in [-0.25, -0.2) is 0 Å². The van der Waals surface area contributed by atoms with E-state index in [9.17, 15) is 4.55 Å². The fraction of sp³-hybridized carbons (Fsp3) is 0.455. The highest BCUT2D eigenvalue weighted by molar-refractivity contribution is 9.08. The summed E-state index contributed by atoms with van der Waals surface area (Å²) in [6, 6.07) is 7.82. The fourth-order valence-electron chi connectivity index (χ4n) is 1.66. The monoisotopic (exact) mass is 318 g/mol. The van der Waals surface area contributed by atoms with Crippen molar-refractivity contribution in [2.75, 3.05) is 26.3 Å². The van der Waals surface area contributed by atoms with Gasteiger partial charge >= 0.3 is 0 Å². The number of hydrogen-bond acceptors (Lipinski definition) is 4. The second kappa shape index (κ2) is 6.72. The van der Waals surface area contributed by atoms with Gasteiger partial charge in [0.1, 0.15) is 0 Å². The molecule has 17 heavy (non-hydrogen) atoms. The maximum absolute atomic E-state index is 12.2. The number of nitrogens with zero attached hydrogens (tertiary/aromatic N) is 1. The fourth-order valence-corrected chi connectivity index (χ4v) is 3.13. The number of benzene rings is 1. The lowest BCUT2D eigenvalue weighted by molar-refractivity contribution is 0.0730. The lowest BCUT2D eigenvalue weighted by atomic mass is 10.2. The number of morpholine rings is 1. The maximum atomic E-state index is 12.2. The Morgan fingerprint density at radius 1 is 1.29 bits per heavy atom. The molecule has 2 rings (SSSR count). The zero-order valence-electron chi connectivity index (χ0n) is 9.39. The highest BCUT2D eigenvalue weighted by atomic mass is 79.9. The molecule has 1 aliphatic heterocycles. The third-order valence-electron chi connectivity index (χ3n) is 2.60. The van der Waals surface area contributed by atoms with E-state index in [1.165, 1.54) is 0 Å². The second-order valence-electron chi connectivity index (χ2n) is 3.74. The predicted molar refractivity (Wildman–Crippen MR) is 71.0 cm³/mol. The van der Waals surface area contributed by atoms with E-state index < -0.39 is 11.4 Å². The first-order valence-electron chi connectivity index (χ1n) is 5.48. The van der Waals surface area contributed by atoms with Crippen LogP contribution in [0.15, 0.2) is 29.2 Å². The largest absolute Gasteiger partial charge is 0.593 e. The zero-order valence-corrected chi connectivity index (χ0v) is 11.8. The Balaban J connectivity index is 2.00. The van der Waals surface area contributed by atoms with E-state index in [-0.39, 0.29) is 0 Å². The summed E-state index contributed by atoms with van der Waals surface area (Å²) < 4.78 is 22.3. The van der Waals surface area contributed by atoms with E-state index in [0.29, 0.717) is 13.2 Å². The summed E-state index contributed by atoms with van der Waals surface area (Å²) in [6.45, 7) is 3.55. The minimum Gasteiger partial charge on any atom is -0.593 e. The van der Waals surface area contributed by atoms with Gasteiger partial charge in [-0.2, -0.15) is 0 Å². The van der Waals surface area contributed by atoms with Crippen LogP contribution in [0.25, 0.3) is 0 Å². The number of nitrogens with one attached hydrogen (secondary N) is 1. The van der Waals surface area contributed by atoms with Gasteiger partial charge in [0.05, 0.1) is 37.7 Å². The molecule has 0 aromatic heterocycles. The molecule has 1 unspecified atom stereocenters. The molecule has 1 aliphatic rings. The van der Waals surface area contributed by atoms with E-state index in [1.54, 1.807) is 0 Å². The zero-order chi connectivity index (χ0) is 12.1. The van der Waals surface area contributed by atoms with Crippen molar-refractivity contribution < 1.29 is 9.29 Å². The van der Waals surface area contributed by atoms with Gasteiger partial charge in [-0.1, -0.05) is 12.1 Å². The minimum atomic E-state index is -1.06. The number of halogens is 1. The van der Waals surface area contributed by atoms with E-state index in [1.807, 2.05) is 28.6 Å². The lowest BCUT2D eigenvalue weighted by Crippen LogP contribution is -2.40. The van der Waals surface area contributed by atoms with Gasteiger partial charge in [0, 0.05) is 22.7 Å². The summed E-state index contributed by atoms with van der Waals surface area (Å²) in [5.74, 6) is 0. The molecular formula is C11H15BrN2O2S. The Morgan fingerprint density at radius 3 is 2.53 bits per heavy atom. The summed E-state index contributed by atoms with van der Waals surface area (Å²) in [4.78, 5) is 0.852. The van der Waals surface area contributed by atoms with E-state index in [0.717, 1.165) is 30.1 Å². The van der Waals surface area contributed by atoms with Gasteiger partial charge in [0.15, 0.2) is 4.90 Å². The van der Waals surface area contributed by atoms with Gasteiger partial charge < -0.3 is 9.29 Å².